The predicted molar refractivity (Wildman–Crippen MR) is 74.3 cm³/mol. The van der Waals surface area contributed by atoms with Gasteiger partial charge in [-0.1, -0.05) is 18.5 Å². The van der Waals surface area contributed by atoms with Crippen molar-refractivity contribution < 1.29 is 19.1 Å². The van der Waals surface area contributed by atoms with Crippen molar-refractivity contribution in [3.63, 3.8) is 0 Å². The van der Waals surface area contributed by atoms with Gasteiger partial charge in [-0.15, -0.1) is 0 Å². The minimum Gasteiger partial charge on any atom is -0.481 e. The summed E-state index contributed by atoms with van der Waals surface area (Å²) in [4.78, 5) is 24.0. The molecule has 0 aromatic heterocycles. The second kappa shape index (κ2) is 7.21. The molecule has 110 valence electrons. The van der Waals surface area contributed by atoms with Crippen molar-refractivity contribution in [3.8, 4) is 0 Å². The van der Waals surface area contributed by atoms with Gasteiger partial charge < -0.3 is 10.4 Å². The van der Waals surface area contributed by atoms with Crippen LogP contribution < -0.4 is 5.32 Å². The Labute approximate surface area is 121 Å². The topological polar surface area (TPSA) is 69.6 Å². The van der Waals surface area contributed by atoms with Crippen LogP contribution in [0.2, 0.25) is 5.02 Å². The second-order valence-electron chi connectivity index (χ2n) is 4.61. The maximum absolute atomic E-state index is 13.0. The fourth-order valence-electron chi connectivity index (χ4n) is 1.63. The second-order valence-corrected chi connectivity index (χ2v) is 5.02. The van der Waals surface area contributed by atoms with Crippen LogP contribution in [-0.4, -0.2) is 42.0 Å². The van der Waals surface area contributed by atoms with E-state index in [1.165, 1.54) is 12.1 Å². The van der Waals surface area contributed by atoms with Crippen LogP contribution in [0.5, 0.6) is 0 Å². The number of carbonyl (C=O) groups excluding carboxylic acids is 1. The van der Waals surface area contributed by atoms with Crippen LogP contribution in [0.4, 0.5) is 10.1 Å². The van der Waals surface area contributed by atoms with Gasteiger partial charge in [0.05, 0.1) is 17.5 Å². The number of nitrogens with one attached hydrogen (secondary N) is 1. The Morgan fingerprint density at radius 1 is 1.50 bits per heavy atom. The number of carboxylic acid groups (broad SMARTS) is 1. The molecule has 0 heterocycles. The number of likely N-dealkylation sites (N-methyl/N-ethyl adjacent to an activating group) is 1. The molecule has 0 aliphatic heterocycles. The maximum Gasteiger partial charge on any atom is 0.307 e. The highest BCUT2D eigenvalue weighted by Crippen LogP contribution is 2.19. The van der Waals surface area contributed by atoms with Gasteiger partial charge in [0.1, 0.15) is 5.82 Å². The molecule has 1 aromatic carbocycles. The molecule has 2 N–H and O–H groups in total. The van der Waals surface area contributed by atoms with E-state index in [1.807, 2.05) is 0 Å². The van der Waals surface area contributed by atoms with Gasteiger partial charge in [0.25, 0.3) is 0 Å². The average molecular weight is 303 g/mol. The third kappa shape index (κ3) is 5.14. The van der Waals surface area contributed by atoms with Gasteiger partial charge >= 0.3 is 5.97 Å². The Balaban J connectivity index is 2.50. The summed E-state index contributed by atoms with van der Waals surface area (Å²) in [5, 5.41) is 11.3. The summed E-state index contributed by atoms with van der Waals surface area (Å²) in [5.41, 5.74) is 0.390. The zero-order valence-electron chi connectivity index (χ0n) is 11.2. The predicted octanol–water partition coefficient (Wildman–Crippen LogP) is 2.07. The molecule has 1 amide bonds. The lowest BCUT2D eigenvalue weighted by Crippen LogP contribution is -2.35. The Morgan fingerprint density at radius 2 is 2.15 bits per heavy atom. The third-order valence-electron chi connectivity index (χ3n) is 2.62. The van der Waals surface area contributed by atoms with Gasteiger partial charge in [0.15, 0.2) is 0 Å². The summed E-state index contributed by atoms with van der Waals surface area (Å²) < 4.78 is 13.0. The minimum atomic E-state index is -0.914. The Hall–Kier alpha value is -1.66. The normalized spacial score (nSPS) is 12.2. The Morgan fingerprint density at radius 3 is 2.70 bits per heavy atom. The fourth-order valence-corrected chi connectivity index (χ4v) is 1.81. The largest absolute Gasteiger partial charge is 0.481 e. The van der Waals surface area contributed by atoms with Gasteiger partial charge in [0, 0.05) is 12.2 Å². The van der Waals surface area contributed by atoms with E-state index < -0.39 is 17.7 Å². The number of amides is 1. The molecule has 0 radical (unpaired) electrons. The highest BCUT2D eigenvalue weighted by atomic mass is 35.5. The molecule has 0 spiro atoms. The summed E-state index contributed by atoms with van der Waals surface area (Å²) in [5.74, 6) is -2.36. The number of aliphatic carboxylic acids is 1. The monoisotopic (exact) mass is 302 g/mol. The number of halogens is 2. The van der Waals surface area contributed by atoms with Crippen molar-refractivity contribution in [3.05, 3.63) is 29.0 Å². The number of anilines is 1. The quantitative estimate of drug-likeness (QED) is 0.844. The van der Waals surface area contributed by atoms with Crippen molar-refractivity contribution >= 4 is 29.2 Å². The lowest BCUT2D eigenvalue weighted by molar-refractivity contribution is -0.141. The first kappa shape index (κ1) is 16.4. The zero-order chi connectivity index (χ0) is 15.3. The van der Waals surface area contributed by atoms with Crippen molar-refractivity contribution in [2.45, 2.75) is 6.92 Å². The van der Waals surface area contributed by atoms with Crippen LogP contribution in [0.25, 0.3) is 0 Å². The Bertz CT molecular complexity index is 510. The molecule has 0 bridgehead atoms. The number of carbonyl (C=O) groups is 2. The summed E-state index contributed by atoms with van der Waals surface area (Å²) in [6, 6.07) is 3.88. The van der Waals surface area contributed by atoms with Gasteiger partial charge in [0.2, 0.25) is 5.91 Å². The van der Waals surface area contributed by atoms with E-state index in [0.717, 1.165) is 6.07 Å². The number of rotatable bonds is 6. The minimum absolute atomic E-state index is 0.0343. The van der Waals surface area contributed by atoms with E-state index in [-0.39, 0.29) is 24.0 Å². The van der Waals surface area contributed by atoms with Gasteiger partial charge in [-0.3, -0.25) is 14.5 Å². The van der Waals surface area contributed by atoms with E-state index in [0.29, 0.717) is 5.69 Å². The first-order valence-electron chi connectivity index (χ1n) is 5.96. The molecule has 0 aliphatic carbocycles. The van der Waals surface area contributed by atoms with Gasteiger partial charge in [-0.25, -0.2) is 4.39 Å². The van der Waals surface area contributed by atoms with Crippen LogP contribution in [0.15, 0.2) is 18.2 Å². The smallest absolute Gasteiger partial charge is 0.307 e. The first-order chi connectivity index (χ1) is 9.29. The van der Waals surface area contributed by atoms with Crippen molar-refractivity contribution in [1.29, 1.82) is 0 Å². The van der Waals surface area contributed by atoms with Crippen molar-refractivity contribution in [2.75, 3.05) is 25.5 Å². The van der Waals surface area contributed by atoms with Gasteiger partial charge in [-0.2, -0.15) is 0 Å². The molecule has 0 saturated carbocycles. The number of nitrogens with zero attached hydrogens (tertiary/aromatic N) is 1. The molecule has 1 rings (SSSR count). The lowest BCUT2D eigenvalue weighted by Gasteiger charge is -2.18. The number of hydrogen-bond acceptors (Lipinski definition) is 3. The highest BCUT2D eigenvalue weighted by Gasteiger charge is 2.15. The molecule has 1 unspecified atom stereocenters. The lowest BCUT2D eigenvalue weighted by atomic mass is 10.2. The molecule has 0 fully saturated rings. The maximum atomic E-state index is 13.0. The summed E-state index contributed by atoms with van der Waals surface area (Å²) >= 11 is 5.60. The van der Waals surface area contributed by atoms with E-state index in [2.05, 4.69) is 5.32 Å². The van der Waals surface area contributed by atoms with Crippen LogP contribution in [0.1, 0.15) is 6.92 Å². The molecule has 5 nitrogen and oxygen atoms in total. The first-order valence-corrected chi connectivity index (χ1v) is 6.33. The number of hydrogen-bond donors (Lipinski definition) is 2. The average Bonchev–Trinajstić information content (AvgIpc) is 2.33. The SMILES string of the molecule is CC(CN(C)CC(=O)Nc1ccc(F)c(Cl)c1)C(=O)O. The summed E-state index contributed by atoms with van der Waals surface area (Å²) in [6.45, 7) is 1.86. The van der Waals surface area contributed by atoms with Crippen LogP contribution in [0, 0.1) is 11.7 Å². The molecule has 1 atom stereocenters. The van der Waals surface area contributed by atoms with Crippen LogP contribution in [-0.2, 0) is 9.59 Å². The van der Waals surface area contributed by atoms with Crippen LogP contribution >= 0.6 is 11.6 Å². The molecular formula is C13H16ClFN2O3. The molecule has 0 aliphatic rings. The zero-order valence-corrected chi connectivity index (χ0v) is 11.9. The fraction of sp³-hybridized carbons (Fsp3) is 0.385. The molecule has 20 heavy (non-hydrogen) atoms. The molecule has 1 aromatic rings. The van der Waals surface area contributed by atoms with Crippen molar-refractivity contribution in [1.82, 2.24) is 4.90 Å². The molecule has 7 heteroatoms. The third-order valence-corrected chi connectivity index (χ3v) is 2.91. The van der Waals surface area contributed by atoms with E-state index in [1.54, 1.807) is 18.9 Å². The van der Waals surface area contributed by atoms with E-state index in [9.17, 15) is 14.0 Å². The Kier molecular flexibility index (Phi) is 5.91. The van der Waals surface area contributed by atoms with E-state index >= 15 is 0 Å². The van der Waals surface area contributed by atoms with Crippen molar-refractivity contribution in [2.24, 2.45) is 5.92 Å². The molecular weight excluding hydrogens is 287 g/mol. The number of benzene rings is 1. The highest BCUT2D eigenvalue weighted by molar-refractivity contribution is 6.31. The summed E-state index contributed by atoms with van der Waals surface area (Å²) in [7, 11) is 1.65. The standard InChI is InChI=1S/C13H16ClFN2O3/c1-8(13(19)20)6-17(2)7-12(18)16-9-3-4-11(15)10(14)5-9/h3-5,8H,6-7H2,1-2H3,(H,16,18)(H,19,20). The summed E-state index contributed by atoms with van der Waals surface area (Å²) in [6.07, 6.45) is 0. The van der Waals surface area contributed by atoms with Crippen LogP contribution in [0.3, 0.4) is 0 Å². The number of carboxylic acids is 1. The van der Waals surface area contributed by atoms with E-state index in [4.69, 9.17) is 16.7 Å². The van der Waals surface area contributed by atoms with Gasteiger partial charge in [-0.05, 0) is 25.2 Å². The molecule has 0 saturated heterocycles.